The van der Waals surface area contributed by atoms with Gasteiger partial charge in [0, 0.05) is 22.9 Å². The zero-order valence-corrected chi connectivity index (χ0v) is 8.67. The van der Waals surface area contributed by atoms with Gasteiger partial charge < -0.3 is 4.74 Å². The molecule has 74 valence electrons. The summed E-state index contributed by atoms with van der Waals surface area (Å²) >= 11 is 5.83. The topological polar surface area (TPSA) is 26.3 Å². The van der Waals surface area contributed by atoms with Gasteiger partial charge >= 0.3 is 0 Å². The molecule has 1 saturated carbocycles. The van der Waals surface area contributed by atoms with Crippen molar-refractivity contribution >= 4 is 17.4 Å². The minimum atomic E-state index is 0.0298. The number of hydrogen-bond donors (Lipinski definition) is 0. The van der Waals surface area contributed by atoms with Crippen LogP contribution in [0.5, 0.6) is 5.75 Å². The van der Waals surface area contributed by atoms with Crippen molar-refractivity contribution in [2.45, 2.75) is 18.8 Å². The fourth-order valence-corrected chi connectivity index (χ4v) is 1.87. The lowest BCUT2D eigenvalue weighted by Crippen LogP contribution is -2.23. The van der Waals surface area contributed by atoms with Crippen molar-refractivity contribution in [3.8, 4) is 5.75 Å². The minimum absolute atomic E-state index is 0.0298. The fourth-order valence-electron chi connectivity index (χ4n) is 1.71. The number of ketones is 1. The van der Waals surface area contributed by atoms with Crippen LogP contribution in [0.25, 0.3) is 0 Å². The highest BCUT2D eigenvalue weighted by Crippen LogP contribution is 2.38. The lowest BCUT2D eigenvalue weighted by Gasteiger charge is -2.25. The number of ether oxygens (including phenoxy) is 1. The third-order valence-corrected chi connectivity index (χ3v) is 2.87. The molecule has 14 heavy (non-hydrogen) atoms. The maximum absolute atomic E-state index is 11.3. The van der Waals surface area contributed by atoms with Crippen molar-refractivity contribution in [3.63, 3.8) is 0 Å². The second-order valence-corrected chi connectivity index (χ2v) is 3.88. The van der Waals surface area contributed by atoms with Crippen molar-refractivity contribution in [1.82, 2.24) is 0 Å². The number of methoxy groups -OCH3 is 1. The molecule has 2 nitrogen and oxygen atoms in total. The van der Waals surface area contributed by atoms with Gasteiger partial charge in [-0.05, 0) is 18.6 Å². The minimum Gasteiger partial charge on any atom is -0.496 e. The highest BCUT2D eigenvalue weighted by atomic mass is 35.5. The molecule has 1 fully saturated rings. The van der Waals surface area contributed by atoms with Crippen LogP contribution in [0.2, 0.25) is 5.02 Å². The lowest BCUT2D eigenvalue weighted by molar-refractivity contribution is -0.125. The summed E-state index contributed by atoms with van der Waals surface area (Å²) in [6.45, 7) is 0. The van der Waals surface area contributed by atoms with Crippen molar-refractivity contribution in [2.24, 2.45) is 0 Å². The molecule has 0 N–H and O–H groups in total. The Morgan fingerprint density at radius 1 is 1.50 bits per heavy atom. The molecule has 3 heteroatoms. The Bertz CT molecular complexity index is 374. The number of carbonyl (C=O) groups is 1. The molecule has 1 aromatic carbocycles. The zero-order chi connectivity index (χ0) is 10.1. The van der Waals surface area contributed by atoms with Crippen molar-refractivity contribution in [2.75, 3.05) is 7.11 Å². The molecule has 1 atom stereocenters. The number of rotatable bonds is 2. The molecule has 0 bridgehead atoms. The molecule has 0 saturated heterocycles. The molecular weight excluding hydrogens is 200 g/mol. The van der Waals surface area contributed by atoms with Gasteiger partial charge in [0.05, 0.1) is 7.11 Å². The van der Waals surface area contributed by atoms with E-state index in [1.54, 1.807) is 19.2 Å². The predicted octanol–water partition coefficient (Wildman–Crippen LogP) is 2.80. The largest absolute Gasteiger partial charge is 0.496 e. The summed E-state index contributed by atoms with van der Waals surface area (Å²) < 4.78 is 5.19. The Balaban J connectivity index is 2.36. The maximum Gasteiger partial charge on any atom is 0.140 e. The quantitative estimate of drug-likeness (QED) is 0.751. The summed E-state index contributed by atoms with van der Waals surface area (Å²) in [6.07, 6.45) is 1.62. The predicted molar refractivity (Wildman–Crippen MR) is 55.0 cm³/mol. The highest BCUT2D eigenvalue weighted by Gasteiger charge is 2.31. The van der Waals surface area contributed by atoms with Gasteiger partial charge in [0.25, 0.3) is 0 Å². The summed E-state index contributed by atoms with van der Waals surface area (Å²) in [5.74, 6) is 1.04. The van der Waals surface area contributed by atoms with Crippen LogP contribution in [-0.2, 0) is 4.79 Å². The highest BCUT2D eigenvalue weighted by molar-refractivity contribution is 6.30. The molecule has 0 spiro atoms. The van der Waals surface area contributed by atoms with E-state index in [2.05, 4.69) is 0 Å². The first-order valence-corrected chi connectivity index (χ1v) is 4.96. The third-order valence-electron chi connectivity index (χ3n) is 2.64. The summed E-state index contributed by atoms with van der Waals surface area (Å²) in [6, 6.07) is 5.43. The van der Waals surface area contributed by atoms with Gasteiger partial charge in [-0.15, -0.1) is 0 Å². The van der Waals surface area contributed by atoms with Gasteiger partial charge in [0.15, 0.2) is 0 Å². The Hall–Kier alpha value is -1.02. The van der Waals surface area contributed by atoms with E-state index in [4.69, 9.17) is 16.3 Å². The Morgan fingerprint density at radius 3 is 2.79 bits per heavy atom. The fraction of sp³-hybridized carbons (Fsp3) is 0.364. The second kappa shape index (κ2) is 3.62. The number of Topliss-reactive ketones (excluding diaryl/α,β-unsaturated/α-hetero) is 1. The number of carbonyl (C=O) groups excluding carboxylic acids is 1. The Kier molecular flexibility index (Phi) is 2.46. The molecular formula is C11H11ClO2. The van der Waals surface area contributed by atoms with Crippen molar-refractivity contribution in [3.05, 3.63) is 28.8 Å². The summed E-state index contributed by atoms with van der Waals surface area (Å²) in [5, 5.41) is 0.636. The van der Waals surface area contributed by atoms with Crippen LogP contribution in [0.3, 0.4) is 0 Å². The van der Waals surface area contributed by atoms with Crippen LogP contribution in [0, 0.1) is 0 Å². The van der Waals surface area contributed by atoms with Crippen LogP contribution in [-0.4, -0.2) is 12.9 Å². The van der Waals surface area contributed by atoms with Crippen LogP contribution in [0.1, 0.15) is 24.3 Å². The first-order chi connectivity index (χ1) is 6.72. The monoisotopic (exact) mass is 210 g/mol. The van der Waals surface area contributed by atoms with Gasteiger partial charge in [-0.1, -0.05) is 17.7 Å². The first-order valence-electron chi connectivity index (χ1n) is 4.58. The first kappa shape index (κ1) is 9.53. The Morgan fingerprint density at radius 2 is 2.29 bits per heavy atom. The molecule has 0 aliphatic heterocycles. The van der Waals surface area contributed by atoms with E-state index in [1.807, 2.05) is 6.07 Å². The van der Waals surface area contributed by atoms with Crippen LogP contribution in [0.15, 0.2) is 18.2 Å². The molecule has 0 aromatic heterocycles. The number of benzene rings is 1. The van der Waals surface area contributed by atoms with E-state index in [0.29, 0.717) is 17.2 Å². The Labute approximate surface area is 87.8 Å². The smallest absolute Gasteiger partial charge is 0.140 e. The van der Waals surface area contributed by atoms with E-state index in [9.17, 15) is 4.79 Å². The molecule has 0 radical (unpaired) electrons. The third kappa shape index (κ3) is 1.50. The average Bonchev–Trinajstić information content (AvgIpc) is 2.18. The van der Waals surface area contributed by atoms with Crippen LogP contribution < -0.4 is 4.74 Å². The SMILES string of the molecule is COc1cc(Cl)ccc1C1CCC1=O. The van der Waals surface area contributed by atoms with E-state index in [0.717, 1.165) is 17.7 Å². The van der Waals surface area contributed by atoms with E-state index >= 15 is 0 Å². The van der Waals surface area contributed by atoms with Gasteiger partial charge in [-0.2, -0.15) is 0 Å². The van der Waals surface area contributed by atoms with Crippen LogP contribution >= 0.6 is 11.6 Å². The van der Waals surface area contributed by atoms with E-state index < -0.39 is 0 Å². The number of hydrogen-bond acceptors (Lipinski definition) is 2. The maximum atomic E-state index is 11.3. The van der Waals surface area contributed by atoms with E-state index in [1.165, 1.54) is 0 Å². The van der Waals surface area contributed by atoms with Crippen LogP contribution in [0.4, 0.5) is 0 Å². The van der Waals surface area contributed by atoms with Gasteiger partial charge in [0.2, 0.25) is 0 Å². The summed E-state index contributed by atoms with van der Waals surface area (Å²) in [5.41, 5.74) is 0.966. The molecule has 1 aliphatic rings. The summed E-state index contributed by atoms with van der Waals surface area (Å²) in [7, 11) is 1.60. The lowest BCUT2D eigenvalue weighted by atomic mass is 9.78. The molecule has 0 amide bonds. The van der Waals surface area contributed by atoms with Gasteiger partial charge in [0.1, 0.15) is 11.5 Å². The second-order valence-electron chi connectivity index (χ2n) is 3.44. The normalized spacial score (nSPS) is 20.4. The van der Waals surface area contributed by atoms with Gasteiger partial charge in [-0.25, -0.2) is 0 Å². The average molecular weight is 211 g/mol. The summed E-state index contributed by atoms with van der Waals surface area (Å²) in [4.78, 5) is 11.3. The molecule has 0 heterocycles. The van der Waals surface area contributed by atoms with Gasteiger partial charge in [-0.3, -0.25) is 4.79 Å². The molecule has 1 unspecified atom stereocenters. The molecule has 2 rings (SSSR count). The standard InChI is InChI=1S/C11H11ClO2/c1-14-11-6-7(12)2-3-9(11)8-4-5-10(8)13/h2-3,6,8H,4-5H2,1H3. The van der Waals surface area contributed by atoms with E-state index in [-0.39, 0.29) is 5.92 Å². The molecule has 1 aliphatic carbocycles. The zero-order valence-electron chi connectivity index (χ0n) is 7.92. The molecule has 1 aromatic rings. The number of halogens is 1. The van der Waals surface area contributed by atoms with Crippen molar-refractivity contribution in [1.29, 1.82) is 0 Å². The van der Waals surface area contributed by atoms with Crippen molar-refractivity contribution < 1.29 is 9.53 Å².